The van der Waals surface area contributed by atoms with Crippen molar-refractivity contribution >= 4 is 12.0 Å². The van der Waals surface area contributed by atoms with Gasteiger partial charge < -0.3 is 15.7 Å². The molecule has 3 unspecified atom stereocenters. The minimum absolute atomic E-state index is 0.00117. The van der Waals surface area contributed by atoms with Crippen LogP contribution >= 0.6 is 0 Å². The van der Waals surface area contributed by atoms with E-state index in [-0.39, 0.29) is 23.9 Å². The first-order valence-electron chi connectivity index (χ1n) is 6.58. The van der Waals surface area contributed by atoms with Crippen molar-refractivity contribution in [3.05, 3.63) is 5.82 Å². The summed E-state index contributed by atoms with van der Waals surface area (Å²) in [5.74, 6) is -0.747. The number of tetrazole rings is 1. The fourth-order valence-electron chi connectivity index (χ4n) is 2.50. The molecule has 1 saturated carbocycles. The third kappa shape index (κ3) is 3.43. The van der Waals surface area contributed by atoms with Gasteiger partial charge in [0.25, 0.3) is 0 Å². The predicted octanol–water partition coefficient (Wildman–Crippen LogP) is 0.0608. The normalized spacial score (nSPS) is 23.2. The molecule has 1 fully saturated rings. The van der Waals surface area contributed by atoms with E-state index in [4.69, 9.17) is 5.11 Å². The minimum Gasteiger partial charge on any atom is -0.481 e. The molecular weight excluding hydrogens is 264 g/mol. The Morgan fingerprint density at radius 2 is 2.30 bits per heavy atom. The number of carboxylic acid groups (broad SMARTS) is 1. The number of nitrogens with zero attached hydrogens (tertiary/aromatic N) is 3. The molecule has 0 radical (unpaired) electrons. The van der Waals surface area contributed by atoms with Crippen molar-refractivity contribution in [3.8, 4) is 0 Å². The second-order valence-corrected chi connectivity index (χ2v) is 4.98. The van der Waals surface area contributed by atoms with E-state index >= 15 is 0 Å². The number of urea groups is 1. The molecule has 9 heteroatoms. The van der Waals surface area contributed by atoms with Gasteiger partial charge in [-0.25, -0.2) is 4.79 Å². The fourth-order valence-corrected chi connectivity index (χ4v) is 2.50. The van der Waals surface area contributed by atoms with Gasteiger partial charge in [0.05, 0.1) is 12.0 Å². The number of rotatable bonds is 5. The van der Waals surface area contributed by atoms with Gasteiger partial charge in [-0.2, -0.15) is 5.21 Å². The summed E-state index contributed by atoms with van der Waals surface area (Å²) in [6, 6.07) is -0.731. The maximum Gasteiger partial charge on any atom is 0.315 e. The number of H-pyrrole nitrogens is 1. The van der Waals surface area contributed by atoms with Crippen molar-refractivity contribution in [1.82, 2.24) is 31.3 Å². The van der Waals surface area contributed by atoms with Gasteiger partial charge in [0.2, 0.25) is 0 Å². The molecule has 0 aromatic carbocycles. The maximum absolute atomic E-state index is 11.7. The number of aromatic amines is 1. The molecule has 3 atom stereocenters. The van der Waals surface area contributed by atoms with Crippen LogP contribution in [0.2, 0.25) is 0 Å². The standard InChI is InChI=1S/C11H18N6O3/c1-6(9-14-16-17-15-9)13-11(20)12-5-7-3-2-4-8(7)10(18)19/h6-8H,2-5H2,1H3,(H,18,19)(H2,12,13,20)(H,14,15,16,17). The summed E-state index contributed by atoms with van der Waals surface area (Å²) in [6.07, 6.45) is 2.41. The first-order chi connectivity index (χ1) is 9.58. The molecular formula is C11H18N6O3. The number of hydrogen-bond donors (Lipinski definition) is 4. The minimum atomic E-state index is -0.783. The largest absolute Gasteiger partial charge is 0.481 e. The first-order valence-corrected chi connectivity index (χ1v) is 6.58. The Morgan fingerprint density at radius 3 is 2.95 bits per heavy atom. The number of aromatic nitrogens is 4. The average Bonchev–Trinajstić information content (AvgIpc) is 3.07. The van der Waals surface area contributed by atoms with E-state index in [0.29, 0.717) is 18.8 Å². The van der Waals surface area contributed by atoms with Crippen molar-refractivity contribution in [3.63, 3.8) is 0 Å². The summed E-state index contributed by atoms with van der Waals surface area (Å²) in [7, 11) is 0. The van der Waals surface area contributed by atoms with Gasteiger partial charge in [-0.15, -0.1) is 10.2 Å². The molecule has 0 spiro atoms. The average molecular weight is 282 g/mol. The third-order valence-electron chi connectivity index (χ3n) is 3.60. The van der Waals surface area contributed by atoms with Crippen molar-refractivity contribution in [2.75, 3.05) is 6.54 Å². The van der Waals surface area contributed by atoms with E-state index in [9.17, 15) is 9.59 Å². The Labute approximate surface area is 115 Å². The Hall–Kier alpha value is -2.19. The summed E-state index contributed by atoms with van der Waals surface area (Å²) in [5.41, 5.74) is 0. The Balaban J connectivity index is 1.76. The fraction of sp³-hybridized carbons (Fsp3) is 0.727. The summed E-state index contributed by atoms with van der Waals surface area (Å²) in [4.78, 5) is 22.8. The number of aliphatic carboxylic acids is 1. The van der Waals surface area contributed by atoms with E-state index in [1.807, 2.05) is 0 Å². The van der Waals surface area contributed by atoms with Crippen LogP contribution < -0.4 is 10.6 Å². The molecule has 1 aliphatic carbocycles. The van der Waals surface area contributed by atoms with Crippen molar-refractivity contribution in [2.24, 2.45) is 11.8 Å². The number of nitrogens with one attached hydrogen (secondary N) is 3. The number of carboxylic acids is 1. The van der Waals surface area contributed by atoms with E-state index < -0.39 is 5.97 Å². The predicted molar refractivity (Wildman–Crippen MR) is 67.6 cm³/mol. The van der Waals surface area contributed by atoms with Crippen LogP contribution in [-0.2, 0) is 4.79 Å². The van der Waals surface area contributed by atoms with Crippen LogP contribution in [0.25, 0.3) is 0 Å². The summed E-state index contributed by atoms with van der Waals surface area (Å²) in [6.45, 7) is 2.10. The summed E-state index contributed by atoms with van der Waals surface area (Å²) in [5, 5.41) is 27.7. The smallest absolute Gasteiger partial charge is 0.315 e. The number of carbonyl (C=O) groups is 2. The lowest BCUT2D eigenvalue weighted by atomic mass is 9.96. The highest BCUT2D eigenvalue weighted by Crippen LogP contribution is 2.31. The molecule has 1 heterocycles. The van der Waals surface area contributed by atoms with Crippen molar-refractivity contribution in [1.29, 1.82) is 0 Å². The van der Waals surface area contributed by atoms with Crippen LogP contribution in [0.5, 0.6) is 0 Å². The van der Waals surface area contributed by atoms with E-state index in [1.165, 1.54) is 0 Å². The zero-order valence-electron chi connectivity index (χ0n) is 11.2. The molecule has 2 amide bonds. The Kier molecular flexibility index (Phi) is 4.49. The van der Waals surface area contributed by atoms with Gasteiger partial charge in [0.1, 0.15) is 0 Å². The Bertz CT molecular complexity index is 463. The van der Waals surface area contributed by atoms with Gasteiger partial charge >= 0.3 is 12.0 Å². The van der Waals surface area contributed by atoms with Crippen LogP contribution in [0.4, 0.5) is 4.79 Å². The summed E-state index contributed by atoms with van der Waals surface area (Å²) >= 11 is 0. The van der Waals surface area contributed by atoms with E-state index in [0.717, 1.165) is 12.8 Å². The molecule has 2 rings (SSSR count). The monoisotopic (exact) mass is 282 g/mol. The lowest BCUT2D eigenvalue weighted by Crippen LogP contribution is -2.41. The van der Waals surface area contributed by atoms with Crippen LogP contribution in [0.3, 0.4) is 0 Å². The van der Waals surface area contributed by atoms with Crippen LogP contribution in [0.15, 0.2) is 0 Å². The lowest BCUT2D eigenvalue weighted by Gasteiger charge is -2.17. The van der Waals surface area contributed by atoms with Crippen molar-refractivity contribution in [2.45, 2.75) is 32.2 Å². The molecule has 0 saturated heterocycles. The number of hydrogen-bond acceptors (Lipinski definition) is 5. The molecule has 9 nitrogen and oxygen atoms in total. The summed E-state index contributed by atoms with van der Waals surface area (Å²) < 4.78 is 0. The van der Waals surface area contributed by atoms with Gasteiger partial charge in [0.15, 0.2) is 5.82 Å². The molecule has 20 heavy (non-hydrogen) atoms. The quantitative estimate of drug-likeness (QED) is 0.603. The molecule has 4 N–H and O–H groups in total. The molecule has 1 aliphatic rings. The van der Waals surface area contributed by atoms with E-state index in [1.54, 1.807) is 6.92 Å². The molecule has 0 bridgehead atoms. The third-order valence-corrected chi connectivity index (χ3v) is 3.60. The van der Waals surface area contributed by atoms with Crippen molar-refractivity contribution < 1.29 is 14.7 Å². The molecule has 1 aromatic rings. The number of carbonyl (C=O) groups excluding carboxylic acids is 1. The zero-order chi connectivity index (χ0) is 14.5. The Morgan fingerprint density at radius 1 is 1.50 bits per heavy atom. The lowest BCUT2D eigenvalue weighted by molar-refractivity contribution is -0.142. The highest BCUT2D eigenvalue weighted by molar-refractivity contribution is 5.74. The van der Waals surface area contributed by atoms with Crippen LogP contribution in [0, 0.1) is 11.8 Å². The van der Waals surface area contributed by atoms with Gasteiger partial charge in [-0.1, -0.05) is 11.6 Å². The zero-order valence-corrected chi connectivity index (χ0v) is 11.2. The topological polar surface area (TPSA) is 133 Å². The second kappa shape index (κ2) is 6.31. The molecule has 110 valence electrons. The SMILES string of the molecule is CC(NC(=O)NCC1CCCC1C(=O)O)c1nn[nH]n1. The molecule has 0 aliphatic heterocycles. The second-order valence-electron chi connectivity index (χ2n) is 4.98. The van der Waals surface area contributed by atoms with Gasteiger partial charge in [0, 0.05) is 6.54 Å². The van der Waals surface area contributed by atoms with Gasteiger partial charge in [-0.3, -0.25) is 4.79 Å². The number of amides is 2. The van der Waals surface area contributed by atoms with Crippen LogP contribution in [-0.4, -0.2) is 44.3 Å². The maximum atomic E-state index is 11.7. The first kappa shape index (κ1) is 14.2. The highest BCUT2D eigenvalue weighted by Gasteiger charge is 2.32. The highest BCUT2D eigenvalue weighted by atomic mass is 16.4. The van der Waals surface area contributed by atoms with Gasteiger partial charge in [-0.05, 0) is 25.7 Å². The van der Waals surface area contributed by atoms with Crippen LogP contribution in [0.1, 0.15) is 38.1 Å². The van der Waals surface area contributed by atoms with E-state index in [2.05, 4.69) is 31.3 Å². The molecule has 1 aromatic heterocycles.